The molecule has 5 rings (SSSR count). The molecule has 26 heavy (non-hydrogen) atoms. The van der Waals surface area contributed by atoms with Gasteiger partial charge in [0.1, 0.15) is 5.78 Å². The van der Waals surface area contributed by atoms with E-state index >= 15 is 0 Å². The lowest BCUT2D eigenvalue weighted by molar-refractivity contribution is -0.117. The Morgan fingerprint density at radius 2 is 0.962 bits per heavy atom. The molecule has 0 radical (unpaired) electrons. The fourth-order valence-corrected chi connectivity index (χ4v) is 4.34. The van der Waals surface area contributed by atoms with Crippen LogP contribution in [0.2, 0.25) is 0 Å². The maximum absolute atomic E-state index is 10.2. The van der Waals surface area contributed by atoms with Crippen molar-refractivity contribution in [3.63, 3.8) is 0 Å². The summed E-state index contributed by atoms with van der Waals surface area (Å²) in [6, 6.07) is 1.78. The molecule has 0 aliphatic heterocycles. The molecule has 0 unspecified atom stereocenters. The summed E-state index contributed by atoms with van der Waals surface area (Å²) < 4.78 is 0. The number of carbonyl (C=O) groups excluding carboxylic acids is 1. The van der Waals surface area contributed by atoms with Crippen LogP contribution in [0.4, 0.5) is 0 Å². The van der Waals surface area contributed by atoms with Crippen molar-refractivity contribution in [3.05, 3.63) is 0 Å². The summed E-state index contributed by atoms with van der Waals surface area (Å²) in [5.41, 5.74) is 0. The zero-order valence-corrected chi connectivity index (χ0v) is 16.9. The van der Waals surface area contributed by atoms with Gasteiger partial charge in [-0.3, -0.25) is 4.79 Å². The van der Waals surface area contributed by atoms with E-state index in [1.807, 2.05) is 0 Å². The summed E-state index contributed by atoms with van der Waals surface area (Å²) in [7, 11) is 0. The van der Waals surface area contributed by atoms with Crippen LogP contribution in [0.1, 0.15) is 103 Å². The van der Waals surface area contributed by atoms with E-state index in [0.29, 0.717) is 5.78 Å². The van der Waals surface area contributed by atoms with Crippen LogP contribution in [0.5, 0.6) is 0 Å². The number of hydrogen-bond donors (Lipinski definition) is 2. The van der Waals surface area contributed by atoms with Gasteiger partial charge in [-0.1, -0.05) is 25.7 Å². The minimum Gasteiger partial charge on any atom is -0.314 e. The minimum atomic E-state index is 0.454. The standard InChI is InChI=1S/2C9H17N.C5H8O/c2*1-2-4-9(3-1)10-7-8-5-6-8;6-5-3-1-2-4-5/h2*8-10H,1-7H2;1-4H2. The van der Waals surface area contributed by atoms with Gasteiger partial charge in [-0.05, 0) is 89.1 Å². The van der Waals surface area contributed by atoms with Crippen molar-refractivity contribution >= 4 is 5.78 Å². The van der Waals surface area contributed by atoms with E-state index < -0.39 is 0 Å². The summed E-state index contributed by atoms with van der Waals surface area (Å²) in [5, 5.41) is 7.29. The Labute approximate surface area is 161 Å². The van der Waals surface area contributed by atoms with Crippen molar-refractivity contribution in [2.24, 2.45) is 11.8 Å². The third kappa shape index (κ3) is 8.99. The van der Waals surface area contributed by atoms with Gasteiger partial charge in [-0.25, -0.2) is 0 Å². The molecule has 0 heterocycles. The Bertz CT molecular complexity index is 355. The number of Topliss-reactive ketones (excluding diaryl/α,β-unsaturated/α-hetero) is 1. The lowest BCUT2D eigenvalue weighted by atomic mass is 10.2. The maximum atomic E-state index is 10.2. The van der Waals surface area contributed by atoms with Gasteiger partial charge in [0, 0.05) is 24.9 Å². The topological polar surface area (TPSA) is 41.1 Å². The molecule has 0 aromatic rings. The van der Waals surface area contributed by atoms with E-state index in [-0.39, 0.29) is 0 Å². The van der Waals surface area contributed by atoms with Crippen molar-refractivity contribution < 1.29 is 4.79 Å². The predicted octanol–water partition coefficient (Wildman–Crippen LogP) is 4.99. The number of rotatable bonds is 6. The second kappa shape index (κ2) is 11.4. The van der Waals surface area contributed by atoms with Crippen LogP contribution in [-0.2, 0) is 4.79 Å². The molecule has 5 aliphatic carbocycles. The monoisotopic (exact) mass is 362 g/mol. The van der Waals surface area contributed by atoms with Gasteiger partial charge < -0.3 is 10.6 Å². The molecule has 150 valence electrons. The second-order valence-electron chi connectivity index (χ2n) is 9.41. The highest BCUT2D eigenvalue weighted by Gasteiger charge is 2.23. The molecule has 5 fully saturated rings. The molecule has 5 saturated carbocycles. The summed E-state index contributed by atoms with van der Waals surface area (Å²) in [4.78, 5) is 10.2. The van der Waals surface area contributed by atoms with Gasteiger partial charge in [-0.2, -0.15) is 0 Å². The molecular formula is C23H42N2O. The van der Waals surface area contributed by atoms with E-state index in [1.54, 1.807) is 0 Å². The average molecular weight is 363 g/mol. The Morgan fingerprint density at radius 3 is 1.23 bits per heavy atom. The number of ketones is 1. The average Bonchev–Trinajstić information content (AvgIpc) is 3.46. The van der Waals surface area contributed by atoms with Crippen LogP contribution in [0.15, 0.2) is 0 Å². The molecule has 2 N–H and O–H groups in total. The van der Waals surface area contributed by atoms with Gasteiger partial charge in [0.25, 0.3) is 0 Å². The van der Waals surface area contributed by atoms with E-state index in [0.717, 1.165) is 49.6 Å². The molecule has 0 aromatic heterocycles. The molecule has 0 saturated heterocycles. The Balaban J connectivity index is 0.000000117. The van der Waals surface area contributed by atoms with Crippen LogP contribution in [0.25, 0.3) is 0 Å². The molecule has 3 heteroatoms. The van der Waals surface area contributed by atoms with Crippen LogP contribution >= 0.6 is 0 Å². The number of carbonyl (C=O) groups is 1. The van der Waals surface area contributed by atoms with Gasteiger partial charge in [0.05, 0.1) is 0 Å². The smallest absolute Gasteiger partial charge is 0.132 e. The first-order valence-corrected chi connectivity index (χ1v) is 11.8. The Kier molecular flexibility index (Phi) is 8.94. The van der Waals surface area contributed by atoms with Crippen molar-refractivity contribution in [1.29, 1.82) is 0 Å². The first kappa shape index (κ1) is 20.3. The zero-order valence-electron chi connectivity index (χ0n) is 16.9. The molecule has 5 aliphatic rings. The summed E-state index contributed by atoms with van der Waals surface area (Å²) in [6.07, 6.45) is 21.5. The van der Waals surface area contributed by atoms with Crippen LogP contribution in [0, 0.1) is 11.8 Å². The van der Waals surface area contributed by atoms with Gasteiger partial charge in [0.15, 0.2) is 0 Å². The van der Waals surface area contributed by atoms with E-state index in [4.69, 9.17) is 0 Å². The highest BCUT2D eigenvalue weighted by molar-refractivity contribution is 5.80. The summed E-state index contributed by atoms with van der Waals surface area (Å²) >= 11 is 0. The van der Waals surface area contributed by atoms with Gasteiger partial charge in [0.2, 0.25) is 0 Å². The van der Waals surface area contributed by atoms with E-state index in [1.165, 1.54) is 90.1 Å². The van der Waals surface area contributed by atoms with Crippen molar-refractivity contribution in [1.82, 2.24) is 10.6 Å². The third-order valence-corrected chi connectivity index (χ3v) is 6.66. The molecular weight excluding hydrogens is 320 g/mol. The maximum Gasteiger partial charge on any atom is 0.132 e. The van der Waals surface area contributed by atoms with Crippen LogP contribution in [0.3, 0.4) is 0 Å². The van der Waals surface area contributed by atoms with Gasteiger partial charge in [-0.15, -0.1) is 0 Å². The highest BCUT2D eigenvalue weighted by Crippen LogP contribution is 2.29. The third-order valence-electron chi connectivity index (χ3n) is 6.66. The summed E-state index contributed by atoms with van der Waals surface area (Å²) in [5.74, 6) is 2.57. The second-order valence-corrected chi connectivity index (χ2v) is 9.41. The van der Waals surface area contributed by atoms with Crippen molar-refractivity contribution in [3.8, 4) is 0 Å². The zero-order chi connectivity index (χ0) is 18.0. The van der Waals surface area contributed by atoms with Crippen molar-refractivity contribution in [2.75, 3.05) is 13.1 Å². The minimum absolute atomic E-state index is 0.454. The molecule has 0 amide bonds. The molecule has 3 nitrogen and oxygen atoms in total. The SMILES string of the molecule is C1CCC(NCC2CC2)C1.C1CCC(NCC2CC2)C1.O=C1CCCC1. The van der Waals surface area contributed by atoms with Gasteiger partial charge >= 0.3 is 0 Å². The largest absolute Gasteiger partial charge is 0.314 e. The van der Waals surface area contributed by atoms with E-state index in [2.05, 4.69) is 10.6 Å². The lowest BCUT2D eigenvalue weighted by Gasteiger charge is -2.09. The molecule has 0 bridgehead atoms. The quantitative estimate of drug-likeness (QED) is 0.699. The van der Waals surface area contributed by atoms with Crippen LogP contribution < -0.4 is 10.6 Å². The molecule has 0 atom stereocenters. The molecule has 0 aromatic carbocycles. The summed E-state index contributed by atoms with van der Waals surface area (Å²) in [6.45, 7) is 2.62. The predicted molar refractivity (Wildman–Crippen MR) is 109 cm³/mol. The number of nitrogens with one attached hydrogen (secondary N) is 2. The fourth-order valence-electron chi connectivity index (χ4n) is 4.34. The Morgan fingerprint density at radius 1 is 0.577 bits per heavy atom. The highest BCUT2D eigenvalue weighted by atomic mass is 16.1. The fraction of sp³-hybridized carbons (Fsp3) is 0.957. The molecule has 0 spiro atoms. The lowest BCUT2D eigenvalue weighted by Crippen LogP contribution is -2.27. The van der Waals surface area contributed by atoms with Crippen molar-refractivity contribution in [2.45, 2.75) is 115 Å². The first-order valence-electron chi connectivity index (χ1n) is 11.8. The first-order chi connectivity index (χ1) is 12.8. The Hall–Kier alpha value is -0.410. The number of hydrogen-bond acceptors (Lipinski definition) is 3. The van der Waals surface area contributed by atoms with Crippen LogP contribution in [-0.4, -0.2) is 31.0 Å². The normalized spacial score (nSPS) is 26.4. The van der Waals surface area contributed by atoms with E-state index in [9.17, 15) is 4.79 Å².